The van der Waals surface area contributed by atoms with Crippen LogP contribution in [0.3, 0.4) is 0 Å². The highest BCUT2D eigenvalue weighted by atomic mass is 32.2. The Kier molecular flexibility index (Phi) is 2.04. The predicted molar refractivity (Wildman–Crippen MR) is 47.1 cm³/mol. The SMILES string of the molecule is NC1NC2(CO)CC=COC2S1. The van der Waals surface area contributed by atoms with Gasteiger partial charge in [0.25, 0.3) is 0 Å². The molecule has 0 aromatic rings. The van der Waals surface area contributed by atoms with Crippen LogP contribution >= 0.6 is 11.8 Å². The average Bonchev–Trinajstić information content (AvgIpc) is 2.41. The first-order chi connectivity index (χ1) is 5.77. The first kappa shape index (κ1) is 8.37. The van der Waals surface area contributed by atoms with Crippen LogP contribution in [-0.2, 0) is 4.74 Å². The van der Waals surface area contributed by atoms with Crippen LogP contribution < -0.4 is 11.1 Å². The maximum atomic E-state index is 9.22. The number of hydrogen-bond donors (Lipinski definition) is 3. The van der Waals surface area contributed by atoms with Crippen molar-refractivity contribution in [3.05, 3.63) is 12.3 Å². The van der Waals surface area contributed by atoms with E-state index in [1.165, 1.54) is 11.8 Å². The molecule has 2 aliphatic rings. The largest absolute Gasteiger partial charge is 0.486 e. The van der Waals surface area contributed by atoms with Crippen LogP contribution in [0.4, 0.5) is 0 Å². The van der Waals surface area contributed by atoms with Gasteiger partial charge >= 0.3 is 0 Å². The van der Waals surface area contributed by atoms with Gasteiger partial charge in [-0.05, 0) is 12.5 Å². The van der Waals surface area contributed by atoms with Crippen LogP contribution in [0, 0.1) is 0 Å². The molecule has 5 heteroatoms. The van der Waals surface area contributed by atoms with Crippen molar-refractivity contribution in [2.24, 2.45) is 5.73 Å². The molecule has 0 aromatic heterocycles. The van der Waals surface area contributed by atoms with Crippen molar-refractivity contribution in [2.75, 3.05) is 6.61 Å². The Hall–Kier alpha value is -0.230. The van der Waals surface area contributed by atoms with Gasteiger partial charge < -0.3 is 15.6 Å². The molecular weight excluding hydrogens is 176 g/mol. The summed E-state index contributed by atoms with van der Waals surface area (Å²) in [4.78, 5) is 0. The van der Waals surface area contributed by atoms with Crippen molar-refractivity contribution < 1.29 is 9.84 Å². The van der Waals surface area contributed by atoms with Gasteiger partial charge in [0, 0.05) is 0 Å². The molecule has 0 aromatic carbocycles. The third-order valence-corrected chi connectivity index (χ3v) is 3.43. The maximum Gasteiger partial charge on any atom is 0.166 e. The predicted octanol–water partition coefficient (Wildman–Crippen LogP) is -0.444. The molecule has 12 heavy (non-hydrogen) atoms. The molecule has 2 aliphatic heterocycles. The lowest BCUT2D eigenvalue weighted by Gasteiger charge is -2.33. The summed E-state index contributed by atoms with van der Waals surface area (Å²) in [5, 5.41) is 12.4. The third kappa shape index (κ3) is 1.13. The zero-order chi connectivity index (χ0) is 8.60. The van der Waals surface area contributed by atoms with E-state index < -0.39 is 0 Å². The Morgan fingerprint density at radius 1 is 1.83 bits per heavy atom. The van der Waals surface area contributed by atoms with E-state index in [-0.39, 0.29) is 23.1 Å². The first-order valence-electron chi connectivity index (χ1n) is 3.87. The molecule has 0 saturated carbocycles. The number of aliphatic hydroxyl groups is 1. The maximum absolute atomic E-state index is 9.22. The summed E-state index contributed by atoms with van der Waals surface area (Å²) < 4.78 is 5.35. The fraction of sp³-hybridized carbons (Fsp3) is 0.714. The van der Waals surface area contributed by atoms with Gasteiger partial charge in [0.2, 0.25) is 0 Å². The molecule has 0 radical (unpaired) electrons. The van der Waals surface area contributed by atoms with Crippen LogP contribution in [0.5, 0.6) is 0 Å². The quantitative estimate of drug-likeness (QED) is 0.520. The summed E-state index contributed by atoms with van der Waals surface area (Å²) in [6.07, 6.45) is 4.35. The summed E-state index contributed by atoms with van der Waals surface area (Å²) in [5.74, 6) is 0. The number of aliphatic hydroxyl groups excluding tert-OH is 1. The van der Waals surface area contributed by atoms with E-state index in [4.69, 9.17) is 10.5 Å². The highest BCUT2D eigenvalue weighted by Crippen LogP contribution is 2.38. The standard InChI is InChI=1S/C7H12N2O2S/c8-6-9-7(4-10)2-1-3-11-5(7)12-6/h1,3,5-6,9-10H,2,4,8H2. The van der Waals surface area contributed by atoms with Gasteiger partial charge in [0.15, 0.2) is 5.44 Å². The van der Waals surface area contributed by atoms with Gasteiger partial charge in [-0.1, -0.05) is 11.8 Å². The van der Waals surface area contributed by atoms with Crippen molar-refractivity contribution in [1.82, 2.24) is 5.32 Å². The van der Waals surface area contributed by atoms with Gasteiger partial charge in [0.05, 0.1) is 18.4 Å². The van der Waals surface area contributed by atoms with Crippen LogP contribution in [0.2, 0.25) is 0 Å². The van der Waals surface area contributed by atoms with Gasteiger partial charge in [-0.15, -0.1) is 0 Å². The van der Waals surface area contributed by atoms with Gasteiger partial charge in [0.1, 0.15) is 5.50 Å². The third-order valence-electron chi connectivity index (χ3n) is 2.21. The molecule has 4 nitrogen and oxygen atoms in total. The summed E-state index contributed by atoms with van der Waals surface area (Å²) in [5.41, 5.74) is 5.14. The van der Waals surface area contributed by atoms with E-state index in [1.807, 2.05) is 6.08 Å². The van der Waals surface area contributed by atoms with Crippen molar-refractivity contribution in [3.8, 4) is 0 Å². The first-order valence-corrected chi connectivity index (χ1v) is 4.81. The van der Waals surface area contributed by atoms with Crippen LogP contribution in [0.1, 0.15) is 6.42 Å². The van der Waals surface area contributed by atoms with Crippen LogP contribution in [0.15, 0.2) is 12.3 Å². The van der Waals surface area contributed by atoms with E-state index >= 15 is 0 Å². The van der Waals surface area contributed by atoms with E-state index in [2.05, 4.69) is 5.32 Å². The Morgan fingerprint density at radius 3 is 3.33 bits per heavy atom. The topological polar surface area (TPSA) is 67.5 Å². The van der Waals surface area contributed by atoms with Gasteiger partial charge in [-0.3, -0.25) is 5.32 Å². The molecule has 68 valence electrons. The molecule has 2 heterocycles. The monoisotopic (exact) mass is 188 g/mol. The fourth-order valence-electron chi connectivity index (χ4n) is 1.54. The smallest absolute Gasteiger partial charge is 0.166 e. The summed E-state index contributed by atoms with van der Waals surface area (Å²) in [6, 6.07) is 0. The molecule has 1 fully saturated rings. The van der Waals surface area contributed by atoms with Crippen molar-refractivity contribution in [1.29, 1.82) is 0 Å². The minimum atomic E-state index is -0.362. The van der Waals surface area contributed by atoms with E-state index in [9.17, 15) is 5.11 Å². The summed E-state index contributed by atoms with van der Waals surface area (Å²) in [7, 11) is 0. The van der Waals surface area contributed by atoms with E-state index in [0.29, 0.717) is 0 Å². The molecule has 0 aliphatic carbocycles. The molecule has 3 unspecified atom stereocenters. The number of nitrogens with two attached hydrogens (primary N) is 1. The van der Waals surface area contributed by atoms with Crippen LogP contribution in [-0.4, -0.2) is 28.2 Å². The average molecular weight is 188 g/mol. The minimum Gasteiger partial charge on any atom is -0.486 e. The van der Waals surface area contributed by atoms with Crippen LogP contribution in [0.25, 0.3) is 0 Å². The molecule has 3 atom stereocenters. The normalized spacial score (nSPS) is 45.5. The Labute approximate surface area is 75.1 Å². The second kappa shape index (κ2) is 2.92. The number of hydrogen-bond acceptors (Lipinski definition) is 5. The summed E-state index contributed by atoms with van der Waals surface area (Å²) >= 11 is 1.51. The number of thioether (sulfide) groups is 1. The highest BCUT2D eigenvalue weighted by Gasteiger charge is 2.48. The lowest BCUT2D eigenvalue weighted by atomic mass is 9.96. The molecule has 0 spiro atoms. The fourth-order valence-corrected chi connectivity index (χ4v) is 2.73. The van der Waals surface area contributed by atoms with E-state index in [0.717, 1.165) is 6.42 Å². The van der Waals surface area contributed by atoms with Crippen molar-refractivity contribution in [3.63, 3.8) is 0 Å². The lowest BCUT2D eigenvalue weighted by Crippen LogP contribution is -2.54. The summed E-state index contributed by atoms with van der Waals surface area (Å²) in [6.45, 7) is 0.0582. The van der Waals surface area contributed by atoms with E-state index in [1.54, 1.807) is 6.26 Å². The second-order valence-electron chi connectivity index (χ2n) is 3.06. The molecule has 2 rings (SSSR count). The Balaban J connectivity index is 2.20. The number of ether oxygens (including phenoxy) is 1. The van der Waals surface area contributed by atoms with Gasteiger partial charge in [-0.25, -0.2) is 0 Å². The number of fused-ring (bicyclic) bond motifs is 1. The van der Waals surface area contributed by atoms with Crippen molar-refractivity contribution in [2.45, 2.75) is 22.9 Å². The van der Waals surface area contributed by atoms with Gasteiger partial charge in [-0.2, -0.15) is 0 Å². The zero-order valence-electron chi connectivity index (χ0n) is 6.56. The molecule has 0 bridgehead atoms. The van der Waals surface area contributed by atoms with Crippen molar-refractivity contribution >= 4 is 11.8 Å². The molecule has 0 amide bonds. The Morgan fingerprint density at radius 2 is 2.67 bits per heavy atom. The molecule has 1 saturated heterocycles. The number of rotatable bonds is 1. The highest BCUT2D eigenvalue weighted by molar-refractivity contribution is 8.00. The molecule has 4 N–H and O–H groups in total. The Bertz CT molecular complexity index is 212. The lowest BCUT2D eigenvalue weighted by molar-refractivity contribution is 0.0590. The number of nitrogens with one attached hydrogen (secondary N) is 1. The zero-order valence-corrected chi connectivity index (χ0v) is 7.38. The minimum absolute atomic E-state index is 0.0532. The molecular formula is C7H12N2O2S. The second-order valence-corrected chi connectivity index (χ2v) is 4.27.